The van der Waals surface area contributed by atoms with E-state index in [0.717, 1.165) is 12.1 Å². The first kappa shape index (κ1) is 9.72. The van der Waals surface area contributed by atoms with Crippen molar-refractivity contribution in [2.45, 2.75) is 6.10 Å². The third kappa shape index (κ3) is 1.84. The van der Waals surface area contributed by atoms with Crippen molar-refractivity contribution >= 4 is 0 Å². The molecule has 1 unspecified atom stereocenters. The van der Waals surface area contributed by atoms with Crippen LogP contribution in [0.15, 0.2) is 24.4 Å². The van der Waals surface area contributed by atoms with Gasteiger partial charge >= 0.3 is 0 Å². The lowest BCUT2D eigenvalue weighted by atomic mass is 10.1. The summed E-state index contributed by atoms with van der Waals surface area (Å²) in [6, 6.07) is 3.17. The normalized spacial score (nSPS) is 12.7. The summed E-state index contributed by atoms with van der Waals surface area (Å²) in [5.41, 5.74) is 0.476. The van der Waals surface area contributed by atoms with Gasteiger partial charge in [-0.05, 0) is 17.7 Å². The molecule has 0 aliphatic heterocycles. The van der Waals surface area contributed by atoms with Gasteiger partial charge in [-0.3, -0.25) is 0 Å². The molecule has 0 bridgehead atoms. The van der Waals surface area contributed by atoms with Gasteiger partial charge in [-0.1, -0.05) is 6.07 Å². The number of rotatable bonds is 2. The number of halogens is 2. The lowest BCUT2D eigenvalue weighted by molar-refractivity contribution is 0.214. The summed E-state index contributed by atoms with van der Waals surface area (Å²) in [6.07, 6.45) is 0.199. The number of H-pyrrole nitrogens is 1. The standard InChI is InChI=1S/C9H7F2N3O/c10-6-2-1-5(3-7(6)11)9(15)8-4-12-14-13-8/h1-4,9,15H,(H,12,13,14). The van der Waals surface area contributed by atoms with E-state index in [4.69, 9.17) is 0 Å². The molecule has 1 aromatic carbocycles. The largest absolute Gasteiger partial charge is 0.382 e. The van der Waals surface area contributed by atoms with Crippen molar-refractivity contribution in [3.05, 3.63) is 47.3 Å². The van der Waals surface area contributed by atoms with Gasteiger partial charge in [-0.15, -0.1) is 0 Å². The zero-order valence-corrected chi connectivity index (χ0v) is 7.48. The first-order valence-electron chi connectivity index (χ1n) is 4.17. The van der Waals surface area contributed by atoms with E-state index in [1.807, 2.05) is 0 Å². The Morgan fingerprint density at radius 2 is 2.07 bits per heavy atom. The Labute approximate surface area is 83.6 Å². The quantitative estimate of drug-likeness (QED) is 0.783. The second-order valence-corrected chi connectivity index (χ2v) is 2.97. The maximum Gasteiger partial charge on any atom is 0.159 e. The Morgan fingerprint density at radius 1 is 1.27 bits per heavy atom. The topological polar surface area (TPSA) is 61.8 Å². The van der Waals surface area contributed by atoms with Crippen LogP contribution < -0.4 is 0 Å². The van der Waals surface area contributed by atoms with Gasteiger partial charge in [0.1, 0.15) is 11.8 Å². The van der Waals surface area contributed by atoms with E-state index in [1.165, 1.54) is 12.3 Å². The number of nitrogens with zero attached hydrogens (tertiary/aromatic N) is 2. The van der Waals surface area contributed by atoms with Crippen molar-refractivity contribution in [3.8, 4) is 0 Å². The highest BCUT2D eigenvalue weighted by Gasteiger charge is 2.14. The van der Waals surface area contributed by atoms with Crippen molar-refractivity contribution in [2.24, 2.45) is 0 Å². The highest BCUT2D eigenvalue weighted by atomic mass is 19.2. The zero-order valence-electron chi connectivity index (χ0n) is 7.48. The number of benzene rings is 1. The maximum absolute atomic E-state index is 12.9. The summed E-state index contributed by atoms with van der Waals surface area (Å²) < 4.78 is 25.5. The summed E-state index contributed by atoms with van der Waals surface area (Å²) in [5, 5.41) is 19.2. The first-order valence-corrected chi connectivity index (χ1v) is 4.17. The van der Waals surface area contributed by atoms with E-state index in [9.17, 15) is 13.9 Å². The fourth-order valence-corrected chi connectivity index (χ4v) is 1.20. The minimum absolute atomic E-state index is 0.225. The maximum atomic E-state index is 12.9. The van der Waals surface area contributed by atoms with E-state index in [1.54, 1.807) is 0 Å². The molecule has 0 saturated heterocycles. The average Bonchev–Trinajstić information content (AvgIpc) is 2.74. The summed E-state index contributed by atoms with van der Waals surface area (Å²) in [6.45, 7) is 0. The van der Waals surface area contributed by atoms with E-state index in [2.05, 4.69) is 15.4 Å². The summed E-state index contributed by atoms with van der Waals surface area (Å²) >= 11 is 0. The van der Waals surface area contributed by atoms with Crippen LogP contribution in [0.25, 0.3) is 0 Å². The number of aliphatic hydroxyl groups is 1. The Bertz CT molecular complexity index is 458. The van der Waals surface area contributed by atoms with Crippen LogP contribution in [0.2, 0.25) is 0 Å². The molecular formula is C9H7F2N3O. The number of aromatic amines is 1. The molecule has 1 heterocycles. The SMILES string of the molecule is OC(c1ccc(F)c(F)c1)c1cn[nH]n1. The van der Waals surface area contributed by atoms with Gasteiger partial charge in [0.05, 0.1) is 6.20 Å². The van der Waals surface area contributed by atoms with Crippen molar-refractivity contribution in [1.82, 2.24) is 15.4 Å². The molecule has 0 amide bonds. The molecule has 6 heteroatoms. The van der Waals surface area contributed by atoms with Crippen LogP contribution in [0.1, 0.15) is 17.4 Å². The van der Waals surface area contributed by atoms with Crippen LogP contribution in [0.5, 0.6) is 0 Å². The minimum atomic E-state index is -1.11. The molecule has 2 rings (SSSR count). The molecular weight excluding hydrogens is 204 g/mol. The van der Waals surface area contributed by atoms with Gasteiger partial charge in [0, 0.05) is 0 Å². The van der Waals surface area contributed by atoms with E-state index >= 15 is 0 Å². The Kier molecular flexibility index (Phi) is 2.42. The van der Waals surface area contributed by atoms with Gasteiger partial charge in [0.15, 0.2) is 11.6 Å². The first-order chi connectivity index (χ1) is 7.18. The van der Waals surface area contributed by atoms with Gasteiger partial charge in [-0.25, -0.2) is 8.78 Å². The highest BCUT2D eigenvalue weighted by Crippen LogP contribution is 2.20. The predicted octanol–water partition coefficient (Wildman–Crippen LogP) is 1.16. The van der Waals surface area contributed by atoms with Gasteiger partial charge in [0.25, 0.3) is 0 Å². The van der Waals surface area contributed by atoms with Crippen molar-refractivity contribution in [3.63, 3.8) is 0 Å². The molecule has 0 radical (unpaired) electrons. The van der Waals surface area contributed by atoms with Crippen LogP contribution >= 0.6 is 0 Å². The number of aromatic nitrogens is 3. The molecule has 1 atom stereocenters. The average molecular weight is 211 g/mol. The van der Waals surface area contributed by atoms with E-state index < -0.39 is 17.7 Å². The third-order valence-electron chi connectivity index (χ3n) is 1.97. The lowest BCUT2D eigenvalue weighted by Crippen LogP contribution is -2.01. The zero-order chi connectivity index (χ0) is 10.8. The third-order valence-corrected chi connectivity index (χ3v) is 1.97. The smallest absolute Gasteiger partial charge is 0.159 e. The monoisotopic (exact) mass is 211 g/mol. The molecule has 2 aromatic rings. The van der Waals surface area contributed by atoms with Gasteiger partial charge in [-0.2, -0.15) is 15.4 Å². The number of hydrogen-bond donors (Lipinski definition) is 2. The molecule has 15 heavy (non-hydrogen) atoms. The van der Waals surface area contributed by atoms with Crippen LogP contribution in [0.4, 0.5) is 8.78 Å². The van der Waals surface area contributed by atoms with Crippen LogP contribution in [-0.2, 0) is 0 Å². The highest BCUT2D eigenvalue weighted by molar-refractivity contribution is 5.25. The molecule has 0 spiro atoms. The van der Waals surface area contributed by atoms with Crippen LogP contribution in [0.3, 0.4) is 0 Å². The lowest BCUT2D eigenvalue weighted by Gasteiger charge is -2.07. The fourth-order valence-electron chi connectivity index (χ4n) is 1.20. The van der Waals surface area contributed by atoms with Gasteiger partial charge < -0.3 is 5.11 Å². The van der Waals surface area contributed by atoms with Crippen molar-refractivity contribution in [2.75, 3.05) is 0 Å². The van der Waals surface area contributed by atoms with Crippen molar-refractivity contribution in [1.29, 1.82) is 0 Å². The second kappa shape index (κ2) is 3.74. The predicted molar refractivity (Wildman–Crippen MR) is 46.8 cm³/mol. The van der Waals surface area contributed by atoms with Crippen LogP contribution in [0, 0.1) is 11.6 Å². The Morgan fingerprint density at radius 3 is 2.67 bits per heavy atom. The van der Waals surface area contributed by atoms with Crippen molar-refractivity contribution < 1.29 is 13.9 Å². The van der Waals surface area contributed by atoms with E-state index in [-0.39, 0.29) is 11.3 Å². The summed E-state index contributed by atoms with van der Waals surface area (Å²) in [5.74, 6) is -1.96. The number of nitrogens with one attached hydrogen (secondary N) is 1. The summed E-state index contributed by atoms with van der Waals surface area (Å²) in [4.78, 5) is 0. The van der Waals surface area contributed by atoms with Crippen LogP contribution in [-0.4, -0.2) is 20.5 Å². The molecule has 0 aliphatic rings. The molecule has 4 nitrogen and oxygen atoms in total. The molecule has 0 fully saturated rings. The molecule has 78 valence electrons. The molecule has 0 aliphatic carbocycles. The Balaban J connectivity index is 2.34. The fraction of sp³-hybridized carbons (Fsp3) is 0.111. The number of hydrogen-bond acceptors (Lipinski definition) is 3. The minimum Gasteiger partial charge on any atom is -0.382 e. The molecule has 1 aromatic heterocycles. The number of aliphatic hydroxyl groups excluding tert-OH is 1. The summed E-state index contributed by atoms with van der Waals surface area (Å²) in [7, 11) is 0. The van der Waals surface area contributed by atoms with E-state index in [0.29, 0.717) is 0 Å². The second-order valence-electron chi connectivity index (χ2n) is 2.97. The van der Waals surface area contributed by atoms with Gasteiger partial charge in [0.2, 0.25) is 0 Å². The molecule has 0 saturated carbocycles. The Hall–Kier alpha value is -1.82. The molecule has 2 N–H and O–H groups in total.